The molecule has 6 N–H and O–H groups in total. The van der Waals surface area contributed by atoms with Gasteiger partial charge in [-0.15, -0.1) is 32.0 Å². The number of rotatable bonds is 22. The summed E-state index contributed by atoms with van der Waals surface area (Å²) in [5, 5.41) is 65.2. The Balaban J connectivity index is 0.000000264. The van der Waals surface area contributed by atoms with Gasteiger partial charge in [0.1, 0.15) is 77.1 Å². The van der Waals surface area contributed by atoms with Crippen molar-refractivity contribution < 1.29 is 96.0 Å². The quantitative estimate of drug-likeness (QED) is 0.0219. The van der Waals surface area contributed by atoms with Crippen LogP contribution in [-0.2, 0) is 51.8 Å². The van der Waals surface area contributed by atoms with Gasteiger partial charge in [0.15, 0.2) is 0 Å². The fourth-order valence-electron chi connectivity index (χ4n) is 11.1. The second-order valence-electron chi connectivity index (χ2n) is 25.6. The normalized spacial score (nSPS) is 13.6. The zero-order chi connectivity index (χ0) is 75.6. The van der Waals surface area contributed by atoms with Gasteiger partial charge in [0.2, 0.25) is 12.7 Å². The van der Waals surface area contributed by atoms with Crippen molar-refractivity contribution in [2.24, 2.45) is 23.3 Å². The Morgan fingerprint density at radius 2 is 0.904 bits per heavy atom. The monoisotopic (exact) mass is 1530 g/mol. The smallest absolute Gasteiger partial charge is 0.430 e. The minimum absolute atomic E-state index is 0. The molecule has 4 aromatic heterocycles. The molecule has 4 heterocycles. The van der Waals surface area contributed by atoms with Gasteiger partial charge in [-0.25, -0.2) is 46.3 Å². The van der Waals surface area contributed by atoms with E-state index in [1.807, 2.05) is 99.5 Å². The fourth-order valence-corrected chi connectivity index (χ4v) is 13.0. The number of hydrogen-bond acceptors (Lipinski definition) is 18. The summed E-state index contributed by atoms with van der Waals surface area (Å²) >= 11 is 2.63. The maximum atomic E-state index is 15.3. The number of aryl methyl sites for hydroxylation is 4. The molecule has 0 bridgehead atoms. The molecule has 20 nitrogen and oxygen atoms in total. The Morgan fingerprint density at radius 3 is 1.19 bits per heavy atom. The largest absolute Gasteiger partial charge is 1.00 e. The Hall–Kier alpha value is -9.92. The number of benzene rings is 6. The molecule has 0 spiro atoms. The standard InChI is InChI=1S/2C36H37F2N6O3S.C2HF3O2.BrH/c2*1-21(2)32(40)35(45)47-33-22(3)12-26(13-23(33)4)16-43-19-41-44(20-43)18-36(46,29-11-10-28(37)14-30(29)38)24(5)34-42-31(17-48-34)27-8-6-25(15-39)7-9-27;3-2(4,5)1(6)7;/h2*6-14,17,19-21,24,32,46H,16,18,40H2,1-5H3;(H,6,7);1H/q2*+1;;/p-2/t24-,32?,36+;;;/m0.../s1. The molecule has 30 heteroatoms. The van der Waals surface area contributed by atoms with Gasteiger partial charge in [-0.3, -0.25) is 0 Å². The van der Waals surface area contributed by atoms with Gasteiger partial charge in [-0.1, -0.05) is 77.9 Å². The van der Waals surface area contributed by atoms with Crippen molar-refractivity contribution >= 4 is 40.6 Å². The predicted octanol–water partition coefficient (Wildman–Crippen LogP) is 7.68. The molecule has 0 aliphatic rings. The number of carboxylic acid groups (broad SMARTS) is 1. The molecule has 104 heavy (non-hydrogen) atoms. The number of thiazole rings is 2. The topological polar surface area (TPSA) is 302 Å². The van der Waals surface area contributed by atoms with Crippen molar-refractivity contribution in [3.63, 3.8) is 0 Å². The summed E-state index contributed by atoms with van der Waals surface area (Å²) in [6.45, 7) is 18.9. The van der Waals surface area contributed by atoms with Gasteiger partial charge in [-0.2, -0.15) is 23.7 Å². The van der Waals surface area contributed by atoms with Gasteiger partial charge < -0.3 is 58.0 Å². The first-order valence-corrected chi connectivity index (χ1v) is 33.8. The number of hydrogen-bond donors (Lipinski definition) is 4. The van der Waals surface area contributed by atoms with Crippen LogP contribution in [0.2, 0.25) is 0 Å². The van der Waals surface area contributed by atoms with Crippen molar-refractivity contribution in [3.05, 3.63) is 234 Å². The van der Waals surface area contributed by atoms with Crippen LogP contribution in [0.3, 0.4) is 0 Å². The highest BCUT2D eigenvalue weighted by molar-refractivity contribution is 7.10. The first-order chi connectivity index (χ1) is 48.5. The molecule has 0 radical (unpaired) electrons. The average Bonchev–Trinajstić information content (AvgIpc) is 1.44. The number of ether oxygens (including phenoxy) is 2. The van der Waals surface area contributed by atoms with Crippen LogP contribution < -0.4 is 52.2 Å². The Morgan fingerprint density at radius 1 is 0.577 bits per heavy atom. The van der Waals surface area contributed by atoms with Crippen LogP contribution >= 0.6 is 22.7 Å². The zero-order valence-electron chi connectivity index (χ0n) is 58.0. The summed E-state index contributed by atoms with van der Waals surface area (Å²) in [6.07, 6.45) is 1.39. The number of carbonyl (C=O) groups excluding carboxylic acids is 3. The van der Waals surface area contributed by atoms with E-state index in [4.69, 9.17) is 51.3 Å². The summed E-state index contributed by atoms with van der Waals surface area (Å²) in [5.41, 5.74) is 17.0. The van der Waals surface area contributed by atoms with Crippen LogP contribution in [0.1, 0.15) is 119 Å². The van der Waals surface area contributed by atoms with E-state index in [9.17, 15) is 41.8 Å². The minimum atomic E-state index is -5.19. The predicted molar refractivity (Wildman–Crippen MR) is 365 cm³/mol. The number of halogens is 8. The summed E-state index contributed by atoms with van der Waals surface area (Å²) in [4.78, 5) is 43.2. The lowest BCUT2D eigenvalue weighted by molar-refractivity contribution is -0.689. The first-order valence-electron chi connectivity index (χ1n) is 32.1. The number of nitrogens with two attached hydrogens (primary N) is 2. The van der Waals surface area contributed by atoms with Gasteiger partial charge >= 0.3 is 18.1 Å². The third-order valence-electron chi connectivity index (χ3n) is 17.1. The lowest BCUT2D eigenvalue weighted by Gasteiger charge is -2.32. The molecule has 0 amide bonds. The highest BCUT2D eigenvalue weighted by Crippen LogP contribution is 2.44. The second-order valence-corrected chi connectivity index (χ2v) is 27.4. The van der Waals surface area contributed by atoms with Crippen molar-refractivity contribution in [1.29, 1.82) is 10.5 Å². The molecule has 10 aromatic rings. The molecule has 0 saturated carbocycles. The van der Waals surface area contributed by atoms with Crippen LogP contribution in [-0.4, -0.2) is 75.9 Å². The van der Waals surface area contributed by atoms with E-state index < -0.39 is 82.5 Å². The van der Waals surface area contributed by atoms with E-state index in [2.05, 4.69) is 22.3 Å². The molecule has 10 rings (SSSR count). The Labute approximate surface area is 613 Å². The highest BCUT2D eigenvalue weighted by atomic mass is 79.9. The van der Waals surface area contributed by atoms with Crippen molar-refractivity contribution in [3.8, 4) is 46.2 Å². The number of alkyl halides is 3. The number of aliphatic hydroxyl groups is 2. The van der Waals surface area contributed by atoms with E-state index in [-0.39, 0.29) is 53.0 Å². The van der Waals surface area contributed by atoms with Crippen LogP contribution in [0.25, 0.3) is 22.5 Å². The van der Waals surface area contributed by atoms with Crippen LogP contribution in [0, 0.1) is 85.5 Å². The van der Waals surface area contributed by atoms with Crippen molar-refractivity contribution in [1.82, 2.24) is 29.5 Å². The molecule has 4 unspecified atom stereocenters. The first kappa shape index (κ1) is 81.4. The van der Waals surface area contributed by atoms with Gasteiger partial charge in [0, 0.05) is 67.2 Å². The van der Waals surface area contributed by atoms with Gasteiger partial charge in [0.25, 0.3) is 12.7 Å². The minimum Gasteiger partial charge on any atom is -1.00 e. The number of carbonyl (C=O) groups is 3. The summed E-state index contributed by atoms with van der Waals surface area (Å²) in [6, 6.07) is 30.6. The third kappa shape index (κ3) is 19.9. The van der Waals surface area contributed by atoms with E-state index in [1.165, 1.54) is 44.2 Å². The molecule has 6 atom stereocenters. The summed E-state index contributed by atoms with van der Waals surface area (Å²) in [7, 11) is 0. The van der Waals surface area contributed by atoms with Crippen LogP contribution in [0.5, 0.6) is 11.5 Å². The second kappa shape index (κ2) is 34.6. The lowest BCUT2D eigenvalue weighted by Crippen LogP contribution is -3.00. The van der Waals surface area contributed by atoms with Crippen molar-refractivity contribution in [2.75, 3.05) is 0 Å². The maximum absolute atomic E-state index is 15.3. The number of esters is 2. The molecule has 546 valence electrons. The number of nitriles is 2. The molecular weight excluding hydrogens is 1460 g/mol. The van der Waals surface area contributed by atoms with E-state index in [1.54, 1.807) is 87.7 Å². The number of aromatic nitrogens is 8. The molecule has 0 aliphatic carbocycles. The van der Waals surface area contributed by atoms with E-state index in [0.29, 0.717) is 57.1 Å². The lowest BCUT2D eigenvalue weighted by atomic mass is 9.82. The maximum Gasteiger partial charge on any atom is 0.430 e. The fraction of sp³-hybridized carbons (Fsp3) is 0.311. The molecule has 0 fully saturated rings. The zero-order valence-corrected chi connectivity index (χ0v) is 61.2. The van der Waals surface area contributed by atoms with Gasteiger partial charge in [-0.05, 0) is 134 Å². The van der Waals surface area contributed by atoms with E-state index in [0.717, 1.165) is 68.8 Å². The Bertz CT molecular complexity index is 4450. The van der Waals surface area contributed by atoms with Crippen molar-refractivity contribution in [2.45, 2.75) is 137 Å². The number of nitrogens with zero attached hydrogens (tertiary/aromatic N) is 10. The summed E-state index contributed by atoms with van der Waals surface area (Å²) in [5.74, 6) is -7.86. The molecule has 0 aliphatic heterocycles. The Kier molecular flexibility index (Phi) is 27.1. The van der Waals surface area contributed by atoms with E-state index >= 15 is 8.78 Å². The highest BCUT2D eigenvalue weighted by Gasteiger charge is 2.45. The SMILES string of the molecule is Cc1cc(C[n+]2cnn(CC(O)(c3ccc(F)cc3F)C(C)c3nc(-c4ccc(C#N)cc4)cs3)c2)cc(C)c1OC(=O)C(N)C(C)C.Cc1cc(C[n+]2cnn(C[C@](O)(c3ccc(F)cc3F)[C@@H](C)c3nc(-c4ccc(C#N)cc4)cs3)c2)cc(C)c1OC(=O)C(N)C(C)C.O=C([O-])C(F)(F)F.[Br-]. The molecule has 6 aromatic carbocycles. The van der Waals surface area contributed by atoms with Gasteiger partial charge in [0.05, 0.1) is 57.8 Å². The summed E-state index contributed by atoms with van der Waals surface area (Å²) < 4.78 is 108. The molecule has 0 saturated heterocycles. The van der Waals surface area contributed by atoms with Crippen LogP contribution in [0.15, 0.2) is 145 Å². The third-order valence-corrected chi connectivity index (χ3v) is 19.1. The molecular formula is C74H74BrF7N12O8S2. The number of aliphatic carboxylic acids is 1. The van der Waals surface area contributed by atoms with Crippen LogP contribution in [0.4, 0.5) is 30.7 Å². The number of carboxylic acids is 1. The average molecular weight is 1540 g/mol.